The van der Waals surface area contributed by atoms with Crippen molar-refractivity contribution in [3.05, 3.63) is 57.4 Å². The van der Waals surface area contributed by atoms with Crippen LogP contribution >= 0.6 is 22.6 Å². The lowest BCUT2D eigenvalue weighted by molar-refractivity contribution is 1.08. The van der Waals surface area contributed by atoms with Crippen LogP contribution in [0.5, 0.6) is 0 Å². The molecule has 1 N–H and O–H groups in total. The van der Waals surface area contributed by atoms with E-state index >= 15 is 0 Å². The summed E-state index contributed by atoms with van der Waals surface area (Å²) in [4.78, 5) is 4.13. The van der Waals surface area contributed by atoms with E-state index in [1.165, 1.54) is 14.7 Å². The minimum atomic E-state index is 0.820. The monoisotopic (exact) mass is 324 g/mol. The molecule has 0 saturated carbocycles. The van der Waals surface area contributed by atoms with E-state index in [0.717, 1.165) is 12.2 Å². The second-order valence-electron chi connectivity index (χ2n) is 3.66. The van der Waals surface area contributed by atoms with E-state index in [9.17, 15) is 0 Å². The van der Waals surface area contributed by atoms with Crippen LogP contribution < -0.4 is 5.32 Å². The molecule has 0 aliphatic rings. The molecular weight excluding hydrogens is 311 g/mol. The molecule has 1 aromatic heterocycles. The van der Waals surface area contributed by atoms with Gasteiger partial charge < -0.3 is 5.32 Å². The smallest absolute Gasteiger partial charge is 0.0418 e. The number of benzene rings is 1. The van der Waals surface area contributed by atoms with E-state index in [-0.39, 0.29) is 0 Å². The molecule has 0 spiro atoms. The molecule has 2 rings (SSSR count). The minimum Gasteiger partial charge on any atom is -0.381 e. The van der Waals surface area contributed by atoms with Gasteiger partial charge in [0, 0.05) is 28.2 Å². The molecule has 0 amide bonds. The fraction of sp³-hybridized carbons (Fsp3) is 0.154. The molecule has 0 bridgehead atoms. The highest BCUT2D eigenvalue weighted by atomic mass is 127. The van der Waals surface area contributed by atoms with Crippen molar-refractivity contribution in [2.75, 3.05) is 5.32 Å². The van der Waals surface area contributed by atoms with Gasteiger partial charge in [-0.15, -0.1) is 0 Å². The number of nitrogens with zero attached hydrogens (tertiary/aromatic N) is 1. The standard InChI is InChI=1S/C13H13IN2/c1-10-6-7-15-8-11(10)9-16-13-4-2-12(14)3-5-13/h2-8,16H,9H2,1H3. The van der Waals surface area contributed by atoms with Gasteiger partial charge >= 0.3 is 0 Å². The molecule has 0 aliphatic heterocycles. The fourth-order valence-electron chi connectivity index (χ4n) is 1.45. The Kier molecular flexibility index (Phi) is 3.77. The summed E-state index contributed by atoms with van der Waals surface area (Å²) in [6, 6.07) is 10.4. The van der Waals surface area contributed by atoms with Crippen molar-refractivity contribution < 1.29 is 0 Å². The van der Waals surface area contributed by atoms with Crippen LogP contribution in [0.4, 0.5) is 5.69 Å². The first kappa shape index (κ1) is 11.4. The molecule has 1 heterocycles. The summed E-state index contributed by atoms with van der Waals surface area (Å²) >= 11 is 2.30. The summed E-state index contributed by atoms with van der Waals surface area (Å²) in [6.45, 7) is 2.92. The van der Waals surface area contributed by atoms with Crippen molar-refractivity contribution in [1.29, 1.82) is 0 Å². The van der Waals surface area contributed by atoms with Crippen LogP contribution in [0.2, 0.25) is 0 Å². The number of halogens is 1. The van der Waals surface area contributed by atoms with Crippen LogP contribution in [0.3, 0.4) is 0 Å². The van der Waals surface area contributed by atoms with Crippen LogP contribution in [0.15, 0.2) is 42.7 Å². The fourth-order valence-corrected chi connectivity index (χ4v) is 1.81. The third kappa shape index (κ3) is 2.95. The van der Waals surface area contributed by atoms with Crippen molar-refractivity contribution in [2.45, 2.75) is 13.5 Å². The number of aromatic nitrogens is 1. The Bertz CT molecular complexity index is 466. The number of rotatable bonds is 3. The van der Waals surface area contributed by atoms with Crippen molar-refractivity contribution >= 4 is 28.3 Å². The van der Waals surface area contributed by atoms with E-state index in [1.54, 1.807) is 0 Å². The lowest BCUT2D eigenvalue weighted by Crippen LogP contribution is -2.01. The second-order valence-corrected chi connectivity index (χ2v) is 4.91. The Morgan fingerprint density at radius 3 is 2.62 bits per heavy atom. The van der Waals surface area contributed by atoms with E-state index in [1.807, 2.05) is 18.5 Å². The van der Waals surface area contributed by atoms with Gasteiger partial charge in [0.15, 0.2) is 0 Å². The SMILES string of the molecule is Cc1ccncc1CNc1ccc(I)cc1. The van der Waals surface area contributed by atoms with Gasteiger partial charge in [-0.25, -0.2) is 0 Å². The van der Waals surface area contributed by atoms with Gasteiger partial charge in [-0.05, 0) is 71.0 Å². The predicted octanol–water partition coefficient (Wildman–Crippen LogP) is 3.61. The molecule has 0 saturated heterocycles. The second kappa shape index (κ2) is 5.30. The maximum atomic E-state index is 4.13. The maximum Gasteiger partial charge on any atom is 0.0418 e. The zero-order chi connectivity index (χ0) is 11.4. The van der Waals surface area contributed by atoms with Crippen LogP contribution in [0.1, 0.15) is 11.1 Å². The maximum absolute atomic E-state index is 4.13. The molecule has 1 aromatic carbocycles. The summed E-state index contributed by atoms with van der Waals surface area (Å²) in [5, 5.41) is 3.39. The summed E-state index contributed by atoms with van der Waals surface area (Å²) in [5.74, 6) is 0. The van der Waals surface area contributed by atoms with Gasteiger partial charge in [-0.1, -0.05) is 0 Å². The number of hydrogen-bond acceptors (Lipinski definition) is 2. The Labute approximate surface area is 109 Å². The Balaban J connectivity index is 2.02. The molecule has 0 fully saturated rings. The quantitative estimate of drug-likeness (QED) is 0.873. The van der Waals surface area contributed by atoms with Crippen LogP contribution in [-0.4, -0.2) is 4.98 Å². The Hall–Kier alpha value is -1.10. The zero-order valence-electron chi connectivity index (χ0n) is 9.07. The van der Waals surface area contributed by atoms with Crippen LogP contribution in [-0.2, 0) is 6.54 Å². The topological polar surface area (TPSA) is 24.9 Å². The molecule has 0 aliphatic carbocycles. The van der Waals surface area contributed by atoms with Crippen molar-refractivity contribution in [3.63, 3.8) is 0 Å². The molecular formula is C13H13IN2. The number of aryl methyl sites for hydroxylation is 1. The largest absolute Gasteiger partial charge is 0.381 e. The normalized spacial score (nSPS) is 10.1. The summed E-state index contributed by atoms with van der Waals surface area (Å²) in [6.07, 6.45) is 3.73. The molecule has 82 valence electrons. The van der Waals surface area contributed by atoms with Gasteiger partial charge in [0.25, 0.3) is 0 Å². The molecule has 3 heteroatoms. The van der Waals surface area contributed by atoms with Gasteiger partial charge in [0.2, 0.25) is 0 Å². The first-order valence-electron chi connectivity index (χ1n) is 5.14. The lowest BCUT2D eigenvalue weighted by atomic mass is 10.1. The Morgan fingerprint density at radius 1 is 1.19 bits per heavy atom. The van der Waals surface area contributed by atoms with E-state index in [0.29, 0.717) is 0 Å². The van der Waals surface area contributed by atoms with Crippen LogP contribution in [0, 0.1) is 10.5 Å². The first-order chi connectivity index (χ1) is 7.75. The van der Waals surface area contributed by atoms with E-state index in [4.69, 9.17) is 0 Å². The number of anilines is 1. The van der Waals surface area contributed by atoms with Crippen molar-refractivity contribution in [1.82, 2.24) is 4.98 Å². The molecule has 0 radical (unpaired) electrons. The molecule has 2 nitrogen and oxygen atoms in total. The average molecular weight is 324 g/mol. The zero-order valence-corrected chi connectivity index (χ0v) is 11.2. The van der Waals surface area contributed by atoms with Gasteiger partial charge in [-0.2, -0.15) is 0 Å². The van der Waals surface area contributed by atoms with Gasteiger partial charge in [0.1, 0.15) is 0 Å². The Morgan fingerprint density at radius 2 is 1.94 bits per heavy atom. The first-order valence-corrected chi connectivity index (χ1v) is 6.22. The van der Waals surface area contributed by atoms with Crippen molar-refractivity contribution in [3.8, 4) is 0 Å². The highest BCUT2D eigenvalue weighted by Crippen LogP contribution is 2.13. The lowest BCUT2D eigenvalue weighted by Gasteiger charge is -2.08. The number of hydrogen-bond donors (Lipinski definition) is 1. The molecule has 0 unspecified atom stereocenters. The minimum absolute atomic E-state index is 0.820. The van der Waals surface area contributed by atoms with E-state index < -0.39 is 0 Å². The average Bonchev–Trinajstić information content (AvgIpc) is 2.30. The summed E-state index contributed by atoms with van der Waals surface area (Å²) < 4.78 is 1.25. The highest BCUT2D eigenvalue weighted by molar-refractivity contribution is 14.1. The van der Waals surface area contributed by atoms with E-state index in [2.05, 4.69) is 64.1 Å². The molecule has 2 aromatic rings. The van der Waals surface area contributed by atoms with Crippen LogP contribution in [0.25, 0.3) is 0 Å². The van der Waals surface area contributed by atoms with Gasteiger partial charge in [0.05, 0.1) is 0 Å². The predicted molar refractivity (Wildman–Crippen MR) is 75.5 cm³/mol. The third-order valence-electron chi connectivity index (χ3n) is 2.47. The molecule has 0 atom stereocenters. The van der Waals surface area contributed by atoms with Gasteiger partial charge in [-0.3, -0.25) is 4.98 Å². The molecule has 16 heavy (non-hydrogen) atoms. The number of nitrogens with one attached hydrogen (secondary N) is 1. The van der Waals surface area contributed by atoms with Crippen molar-refractivity contribution in [2.24, 2.45) is 0 Å². The summed E-state index contributed by atoms with van der Waals surface area (Å²) in [7, 11) is 0. The number of pyridine rings is 1. The highest BCUT2D eigenvalue weighted by Gasteiger charge is 1.97. The third-order valence-corrected chi connectivity index (χ3v) is 3.19. The summed E-state index contributed by atoms with van der Waals surface area (Å²) in [5.41, 5.74) is 3.65.